The Hall–Kier alpha value is -2.38. The van der Waals surface area contributed by atoms with Crippen molar-refractivity contribution < 1.29 is 14.3 Å². The van der Waals surface area contributed by atoms with Crippen molar-refractivity contribution in [2.75, 3.05) is 19.0 Å². The van der Waals surface area contributed by atoms with Crippen molar-refractivity contribution >= 4 is 29.2 Å². The summed E-state index contributed by atoms with van der Waals surface area (Å²) in [6.45, 7) is 2.00. The van der Waals surface area contributed by atoms with Crippen LogP contribution in [-0.4, -0.2) is 35.7 Å². The number of aromatic nitrogens is 2. The summed E-state index contributed by atoms with van der Waals surface area (Å²) in [5.74, 6) is -0.00145. The molecule has 1 aromatic carbocycles. The highest BCUT2D eigenvalue weighted by Crippen LogP contribution is 2.31. The van der Waals surface area contributed by atoms with Gasteiger partial charge in [0.25, 0.3) is 0 Å². The third-order valence-electron chi connectivity index (χ3n) is 3.25. The summed E-state index contributed by atoms with van der Waals surface area (Å²) >= 11 is 5.93. The van der Waals surface area contributed by atoms with Gasteiger partial charge in [-0.25, -0.2) is 0 Å². The van der Waals surface area contributed by atoms with Crippen LogP contribution in [0, 0.1) is 0 Å². The number of amides is 2. The molecule has 3 N–H and O–H groups in total. The van der Waals surface area contributed by atoms with E-state index in [1.807, 2.05) is 12.1 Å². The number of hydrogen-bond acceptors (Lipinski definition) is 4. The Morgan fingerprint density at radius 3 is 2.62 bits per heavy atom. The van der Waals surface area contributed by atoms with Gasteiger partial charge < -0.3 is 15.4 Å². The van der Waals surface area contributed by atoms with Crippen LogP contribution >= 0.6 is 11.6 Å². The van der Waals surface area contributed by atoms with E-state index in [2.05, 4.69) is 20.8 Å². The van der Waals surface area contributed by atoms with Crippen LogP contribution in [0.4, 0.5) is 5.82 Å². The normalized spacial score (nSPS) is 10.5. The van der Waals surface area contributed by atoms with Crippen molar-refractivity contribution in [1.82, 2.24) is 15.5 Å². The van der Waals surface area contributed by atoms with Gasteiger partial charge in [-0.05, 0) is 17.7 Å². The van der Waals surface area contributed by atoms with E-state index in [9.17, 15) is 9.59 Å². The van der Waals surface area contributed by atoms with Gasteiger partial charge in [-0.1, -0.05) is 23.7 Å². The van der Waals surface area contributed by atoms with Crippen LogP contribution in [0.5, 0.6) is 0 Å². The van der Waals surface area contributed by atoms with Gasteiger partial charge in [0, 0.05) is 37.6 Å². The molecule has 24 heavy (non-hydrogen) atoms. The smallest absolute Gasteiger partial charge is 0.227 e. The predicted molar refractivity (Wildman–Crippen MR) is 91.7 cm³/mol. The number of nitrogens with one attached hydrogen (secondary N) is 3. The third kappa shape index (κ3) is 4.81. The van der Waals surface area contributed by atoms with Crippen LogP contribution in [0.2, 0.25) is 5.02 Å². The molecule has 0 bridgehead atoms. The average molecular weight is 351 g/mol. The molecule has 1 aromatic heterocycles. The Bertz CT molecular complexity index is 713. The number of rotatable bonds is 7. The summed E-state index contributed by atoms with van der Waals surface area (Å²) in [7, 11) is 1.58. The molecule has 2 rings (SSSR count). The maximum atomic E-state index is 12.0. The number of H-pyrrole nitrogens is 1. The van der Waals surface area contributed by atoms with Crippen LogP contribution in [0.25, 0.3) is 11.1 Å². The van der Waals surface area contributed by atoms with Crippen LogP contribution in [0.15, 0.2) is 24.3 Å². The van der Waals surface area contributed by atoms with Crippen molar-refractivity contribution in [3.8, 4) is 11.1 Å². The fourth-order valence-corrected chi connectivity index (χ4v) is 2.32. The van der Waals surface area contributed by atoms with E-state index in [4.69, 9.17) is 16.3 Å². The maximum Gasteiger partial charge on any atom is 0.227 e. The lowest BCUT2D eigenvalue weighted by Gasteiger charge is -2.08. The lowest BCUT2D eigenvalue weighted by molar-refractivity contribution is -0.119. The summed E-state index contributed by atoms with van der Waals surface area (Å²) in [5, 5.41) is 13.0. The molecule has 0 saturated carbocycles. The topological polar surface area (TPSA) is 96.1 Å². The fraction of sp³-hybridized carbons (Fsp3) is 0.312. The Morgan fingerprint density at radius 2 is 2.00 bits per heavy atom. The van der Waals surface area contributed by atoms with Crippen LogP contribution in [-0.2, 0) is 20.9 Å². The zero-order valence-electron chi connectivity index (χ0n) is 13.5. The number of methoxy groups -OCH3 is 1. The quantitative estimate of drug-likeness (QED) is 0.714. The summed E-state index contributed by atoms with van der Waals surface area (Å²) < 4.78 is 5.17. The van der Waals surface area contributed by atoms with Crippen molar-refractivity contribution in [2.45, 2.75) is 20.0 Å². The van der Waals surface area contributed by atoms with E-state index < -0.39 is 0 Å². The molecule has 7 nitrogen and oxygen atoms in total. The molecule has 0 aliphatic rings. The minimum atomic E-state index is -0.241. The van der Waals surface area contributed by atoms with Gasteiger partial charge >= 0.3 is 0 Å². The molecule has 128 valence electrons. The van der Waals surface area contributed by atoms with E-state index in [1.54, 1.807) is 19.2 Å². The Kier molecular flexibility index (Phi) is 6.34. The molecule has 8 heteroatoms. The number of nitrogens with zero attached hydrogens (tertiary/aromatic N) is 1. The van der Waals surface area contributed by atoms with Crippen molar-refractivity contribution in [3.05, 3.63) is 35.0 Å². The van der Waals surface area contributed by atoms with Gasteiger partial charge in [0.05, 0.1) is 12.3 Å². The number of hydrogen-bond donors (Lipinski definition) is 3. The zero-order chi connectivity index (χ0) is 17.5. The number of carbonyl (C=O) groups is 2. The highest BCUT2D eigenvalue weighted by Gasteiger charge is 2.17. The van der Waals surface area contributed by atoms with E-state index >= 15 is 0 Å². The minimum Gasteiger partial charge on any atom is -0.378 e. The summed E-state index contributed by atoms with van der Waals surface area (Å²) in [6.07, 6.45) is 0.159. The zero-order valence-corrected chi connectivity index (χ0v) is 14.2. The minimum absolute atomic E-state index is 0.159. The Labute approximate surface area is 144 Å². The SMILES string of the molecule is COCc1[nH]nc(NC(=O)CCNC(C)=O)c1-c1ccc(Cl)cc1. The van der Waals surface area contributed by atoms with Gasteiger partial charge in [0.1, 0.15) is 0 Å². The average Bonchev–Trinajstić information content (AvgIpc) is 2.91. The number of benzene rings is 1. The Morgan fingerprint density at radius 1 is 1.29 bits per heavy atom. The second-order valence-corrected chi connectivity index (χ2v) is 5.58. The van der Waals surface area contributed by atoms with Crippen LogP contribution in [0.3, 0.4) is 0 Å². The standard InChI is InChI=1S/C16H19ClN4O3/c1-10(22)18-8-7-14(23)19-16-15(13(9-24-2)20-21-16)11-3-5-12(17)6-4-11/h3-6H,7-9H2,1-2H3,(H,18,22)(H2,19,20,21,23). The first-order chi connectivity index (χ1) is 11.5. The van der Waals surface area contributed by atoms with E-state index in [1.165, 1.54) is 6.92 Å². The lowest BCUT2D eigenvalue weighted by atomic mass is 10.1. The second-order valence-electron chi connectivity index (χ2n) is 5.15. The molecule has 2 aromatic rings. The van der Waals surface area contributed by atoms with E-state index in [0.29, 0.717) is 17.4 Å². The van der Waals surface area contributed by atoms with Crippen LogP contribution < -0.4 is 10.6 Å². The number of ether oxygens (including phenoxy) is 1. The second kappa shape index (κ2) is 8.47. The van der Waals surface area contributed by atoms with Gasteiger partial charge in [-0.2, -0.15) is 5.10 Å². The van der Waals surface area contributed by atoms with Crippen molar-refractivity contribution in [2.24, 2.45) is 0 Å². The molecule has 1 heterocycles. The number of aromatic amines is 1. The first-order valence-electron chi connectivity index (χ1n) is 7.37. The van der Waals surface area contributed by atoms with Gasteiger partial charge in [-0.3, -0.25) is 14.7 Å². The number of carbonyl (C=O) groups excluding carboxylic acids is 2. The predicted octanol–water partition coefficient (Wildman–Crippen LogP) is 2.34. The summed E-state index contributed by atoms with van der Waals surface area (Å²) in [6, 6.07) is 7.23. The molecule has 0 unspecified atom stereocenters. The first kappa shape index (κ1) is 18.0. The summed E-state index contributed by atoms with van der Waals surface area (Å²) in [4.78, 5) is 22.9. The molecule has 0 aliphatic heterocycles. The lowest BCUT2D eigenvalue weighted by Crippen LogP contribution is -2.25. The van der Waals surface area contributed by atoms with Crippen LogP contribution in [0.1, 0.15) is 19.0 Å². The Balaban J connectivity index is 2.19. The molecule has 2 amide bonds. The molecule has 0 radical (unpaired) electrons. The number of halogens is 1. The van der Waals surface area contributed by atoms with Gasteiger partial charge in [-0.15, -0.1) is 0 Å². The molecule has 0 aliphatic carbocycles. The molecule has 0 fully saturated rings. The van der Waals surface area contributed by atoms with E-state index in [-0.39, 0.29) is 24.8 Å². The van der Waals surface area contributed by atoms with E-state index in [0.717, 1.165) is 16.8 Å². The van der Waals surface area contributed by atoms with Gasteiger partial charge in [0.2, 0.25) is 11.8 Å². The highest BCUT2D eigenvalue weighted by atomic mass is 35.5. The van der Waals surface area contributed by atoms with Crippen molar-refractivity contribution in [1.29, 1.82) is 0 Å². The fourth-order valence-electron chi connectivity index (χ4n) is 2.19. The maximum absolute atomic E-state index is 12.0. The monoisotopic (exact) mass is 350 g/mol. The molecular formula is C16H19ClN4O3. The highest BCUT2D eigenvalue weighted by molar-refractivity contribution is 6.30. The third-order valence-corrected chi connectivity index (χ3v) is 3.50. The molecule has 0 spiro atoms. The van der Waals surface area contributed by atoms with Crippen molar-refractivity contribution in [3.63, 3.8) is 0 Å². The van der Waals surface area contributed by atoms with Gasteiger partial charge in [0.15, 0.2) is 5.82 Å². The largest absolute Gasteiger partial charge is 0.378 e. The number of anilines is 1. The molecule has 0 saturated heterocycles. The molecular weight excluding hydrogens is 332 g/mol. The molecule has 0 atom stereocenters. The first-order valence-corrected chi connectivity index (χ1v) is 7.75. The summed E-state index contributed by atoms with van der Waals surface area (Å²) in [5.41, 5.74) is 2.36.